The van der Waals surface area contributed by atoms with E-state index in [-0.39, 0.29) is 0 Å². The maximum absolute atomic E-state index is 5.87. The molecule has 0 aliphatic carbocycles. The Labute approximate surface area is 198 Å². The predicted molar refractivity (Wildman–Crippen MR) is 138 cm³/mol. The van der Waals surface area contributed by atoms with E-state index in [1.165, 1.54) is 24.8 Å². The third-order valence-corrected chi connectivity index (χ3v) is 5.56. The average Bonchev–Trinajstić information content (AvgIpc) is 2.85. The van der Waals surface area contributed by atoms with E-state index in [0.717, 1.165) is 48.0 Å². The minimum absolute atomic E-state index is 0.354. The van der Waals surface area contributed by atoms with Gasteiger partial charge in [0.25, 0.3) is 0 Å². The molecule has 174 valence electrons. The van der Waals surface area contributed by atoms with Gasteiger partial charge in [-0.25, -0.2) is 9.97 Å². The topological polar surface area (TPSA) is 44.2 Å². The normalized spacial score (nSPS) is 12.3. The molecule has 1 aromatic heterocycles. The summed E-state index contributed by atoms with van der Waals surface area (Å²) in [5, 5.41) is 0. The maximum atomic E-state index is 5.87. The fourth-order valence-electron chi connectivity index (χ4n) is 3.64. The zero-order valence-corrected chi connectivity index (χ0v) is 20.0. The summed E-state index contributed by atoms with van der Waals surface area (Å²) in [6.07, 6.45) is 15.2. The molecule has 1 heterocycles. The van der Waals surface area contributed by atoms with E-state index in [2.05, 4.69) is 78.9 Å². The van der Waals surface area contributed by atoms with Gasteiger partial charge in [0, 0.05) is 6.61 Å². The molecule has 4 heteroatoms. The van der Waals surface area contributed by atoms with E-state index in [1.54, 1.807) is 12.3 Å². The van der Waals surface area contributed by atoms with Crippen molar-refractivity contribution in [3.8, 4) is 17.0 Å². The van der Waals surface area contributed by atoms with Crippen LogP contribution in [-0.4, -0.2) is 29.3 Å². The van der Waals surface area contributed by atoms with Crippen LogP contribution in [0.1, 0.15) is 57.9 Å². The average molecular weight is 445 g/mol. The van der Waals surface area contributed by atoms with E-state index in [4.69, 9.17) is 9.47 Å². The Morgan fingerprint density at radius 1 is 1.00 bits per heavy atom. The molecule has 4 nitrogen and oxygen atoms in total. The van der Waals surface area contributed by atoms with Crippen molar-refractivity contribution >= 4 is 17.1 Å². The summed E-state index contributed by atoms with van der Waals surface area (Å²) in [4.78, 5) is 8.98. The standard InChI is InChI=1S/C29H36N2O2/c1-4-6-10-20-32-23(3)11-8-7-9-12-24-13-15-25(16-14-24)26-17-18-27-28(21-26)30-22-29(31-27)33-19-5-2/h5,9,12-18,21-23H,2,4,6-8,10-11,19-20H2,1,3H3. The van der Waals surface area contributed by atoms with Gasteiger partial charge in [-0.3, -0.25) is 0 Å². The zero-order chi connectivity index (χ0) is 23.3. The fourth-order valence-corrected chi connectivity index (χ4v) is 3.64. The van der Waals surface area contributed by atoms with E-state index in [1.807, 2.05) is 6.07 Å². The minimum atomic E-state index is 0.354. The number of aromatic nitrogens is 2. The first-order chi connectivity index (χ1) is 16.2. The largest absolute Gasteiger partial charge is 0.472 e. The summed E-state index contributed by atoms with van der Waals surface area (Å²) in [6, 6.07) is 14.8. The summed E-state index contributed by atoms with van der Waals surface area (Å²) in [7, 11) is 0. The monoisotopic (exact) mass is 444 g/mol. The molecule has 0 amide bonds. The number of nitrogens with zero attached hydrogens (tertiary/aromatic N) is 2. The molecule has 1 atom stereocenters. The Kier molecular flexibility index (Phi) is 10.1. The van der Waals surface area contributed by atoms with Crippen LogP contribution in [0.3, 0.4) is 0 Å². The highest BCUT2D eigenvalue weighted by molar-refractivity contribution is 5.81. The van der Waals surface area contributed by atoms with Gasteiger partial charge in [0.1, 0.15) is 6.61 Å². The third-order valence-electron chi connectivity index (χ3n) is 5.56. The SMILES string of the molecule is C=CCOc1cnc2cc(-c3ccc(C=CCCCC(C)OCCCCC)cc3)ccc2n1. The van der Waals surface area contributed by atoms with Crippen molar-refractivity contribution < 1.29 is 9.47 Å². The molecule has 0 aliphatic heterocycles. The lowest BCUT2D eigenvalue weighted by molar-refractivity contribution is 0.0566. The number of hydrogen-bond donors (Lipinski definition) is 0. The van der Waals surface area contributed by atoms with Crippen molar-refractivity contribution in [2.45, 2.75) is 58.5 Å². The van der Waals surface area contributed by atoms with Crippen molar-refractivity contribution in [3.05, 3.63) is 73.0 Å². The number of hydrogen-bond acceptors (Lipinski definition) is 4. The van der Waals surface area contributed by atoms with Crippen molar-refractivity contribution in [2.24, 2.45) is 0 Å². The summed E-state index contributed by atoms with van der Waals surface area (Å²) >= 11 is 0. The third kappa shape index (κ3) is 8.14. The fraction of sp³-hybridized carbons (Fsp3) is 0.379. The molecule has 3 aromatic rings. The highest BCUT2D eigenvalue weighted by atomic mass is 16.5. The van der Waals surface area contributed by atoms with Crippen LogP contribution in [0, 0.1) is 0 Å². The van der Waals surface area contributed by atoms with Crippen LogP contribution in [-0.2, 0) is 4.74 Å². The van der Waals surface area contributed by atoms with E-state index >= 15 is 0 Å². The van der Waals surface area contributed by atoms with Gasteiger partial charge in [0.15, 0.2) is 0 Å². The number of ether oxygens (including phenoxy) is 2. The molecule has 0 radical (unpaired) electrons. The van der Waals surface area contributed by atoms with Crippen molar-refractivity contribution in [2.75, 3.05) is 13.2 Å². The Bertz CT molecular complexity index is 1030. The maximum Gasteiger partial charge on any atom is 0.233 e. The summed E-state index contributed by atoms with van der Waals surface area (Å²) < 4.78 is 11.3. The number of unbranched alkanes of at least 4 members (excludes halogenated alkanes) is 3. The van der Waals surface area contributed by atoms with Crippen LogP contribution in [0.15, 0.2) is 67.4 Å². The van der Waals surface area contributed by atoms with Crippen LogP contribution in [0.5, 0.6) is 5.88 Å². The lowest BCUT2D eigenvalue weighted by Crippen LogP contribution is -2.08. The van der Waals surface area contributed by atoms with E-state index in [9.17, 15) is 0 Å². The molecule has 0 aliphatic rings. The van der Waals surface area contributed by atoms with E-state index < -0.39 is 0 Å². The molecular weight excluding hydrogens is 408 g/mol. The van der Waals surface area contributed by atoms with Gasteiger partial charge in [-0.05, 0) is 61.4 Å². The first-order valence-electron chi connectivity index (χ1n) is 12.1. The van der Waals surface area contributed by atoms with Gasteiger partial charge in [0.2, 0.25) is 5.88 Å². The quantitative estimate of drug-likeness (QED) is 0.189. The molecule has 2 aromatic carbocycles. The number of rotatable bonds is 14. The molecule has 0 saturated heterocycles. The molecule has 1 unspecified atom stereocenters. The summed E-state index contributed by atoms with van der Waals surface area (Å²) in [5.41, 5.74) is 5.18. The minimum Gasteiger partial charge on any atom is -0.472 e. The van der Waals surface area contributed by atoms with Gasteiger partial charge in [-0.15, -0.1) is 0 Å². The molecule has 0 N–H and O–H groups in total. The van der Waals surface area contributed by atoms with Crippen molar-refractivity contribution in [1.29, 1.82) is 0 Å². The number of allylic oxidation sites excluding steroid dienone is 1. The van der Waals surface area contributed by atoms with Crippen LogP contribution in [0.25, 0.3) is 28.2 Å². The van der Waals surface area contributed by atoms with Crippen LogP contribution < -0.4 is 4.74 Å². The second kappa shape index (κ2) is 13.5. The van der Waals surface area contributed by atoms with Gasteiger partial charge < -0.3 is 9.47 Å². The Hall–Kier alpha value is -2.98. The second-order valence-electron chi connectivity index (χ2n) is 8.36. The summed E-state index contributed by atoms with van der Waals surface area (Å²) in [6.45, 7) is 9.37. The number of benzene rings is 2. The molecule has 33 heavy (non-hydrogen) atoms. The Morgan fingerprint density at radius 3 is 2.61 bits per heavy atom. The predicted octanol–water partition coefficient (Wildman–Crippen LogP) is 7.64. The molecule has 3 rings (SSSR count). The lowest BCUT2D eigenvalue weighted by atomic mass is 10.0. The van der Waals surface area contributed by atoms with Crippen LogP contribution >= 0.6 is 0 Å². The molecule has 0 spiro atoms. The highest BCUT2D eigenvalue weighted by Gasteiger charge is 2.04. The first-order valence-corrected chi connectivity index (χ1v) is 12.1. The van der Waals surface area contributed by atoms with Gasteiger partial charge in [-0.1, -0.05) is 74.9 Å². The van der Waals surface area contributed by atoms with Crippen molar-refractivity contribution in [1.82, 2.24) is 9.97 Å². The van der Waals surface area contributed by atoms with Crippen LogP contribution in [0.4, 0.5) is 0 Å². The van der Waals surface area contributed by atoms with E-state index in [0.29, 0.717) is 18.6 Å². The van der Waals surface area contributed by atoms with Crippen molar-refractivity contribution in [3.63, 3.8) is 0 Å². The molecule has 0 fully saturated rings. The molecule has 0 bridgehead atoms. The Morgan fingerprint density at radius 2 is 1.82 bits per heavy atom. The lowest BCUT2D eigenvalue weighted by Gasteiger charge is -2.12. The van der Waals surface area contributed by atoms with Crippen LogP contribution in [0.2, 0.25) is 0 Å². The smallest absolute Gasteiger partial charge is 0.233 e. The molecule has 0 saturated carbocycles. The van der Waals surface area contributed by atoms with Gasteiger partial charge in [0.05, 0.1) is 23.3 Å². The highest BCUT2D eigenvalue weighted by Crippen LogP contribution is 2.24. The van der Waals surface area contributed by atoms with Gasteiger partial charge in [-0.2, -0.15) is 0 Å². The zero-order valence-electron chi connectivity index (χ0n) is 20.0. The Balaban J connectivity index is 1.49. The summed E-state index contributed by atoms with van der Waals surface area (Å²) in [5.74, 6) is 0.514. The second-order valence-corrected chi connectivity index (χ2v) is 8.36. The first kappa shape index (κ1) is 24.7. The number of fused-ring (bicyclic) bond motifs is 1. The molecular formula is C29H36N2O2. The van der Waals surface area contributed by atoms with Gasteiger partial charge >= 0.3 is 0 Å².